The van der Waals surface area contributed by atoms with E-state index in [1.54, 1.807) is 25.1 Å². The van der Waals surface area contributed by atoms with Gasteiger partial charge in [-0.05, 0) is 26.2 Å². The van der Waals surface area contributed by atoms with Crippen molar-refractivity contribution in [3.8, 4) is 0 Å². The second-order valence-corrected chi connectivity index (χ2v) is 9.28. The summed E-state index contributed by atoms with van der Waals surface area (Å²) in [5.41, 5.74) is -0.0104. The molecule has 0 N–H and O–H groups in total. The lowest BCUT2D eigenvalue weighted by Crippen LogP contribution is -2.45. The van der Waals surface area contributed by atoms with Crippen LogP contribution in [-0.4, -0.2) is 28.6 Å². The monoisotopic (exact) mass is 347 g/mol. The summed E-state index contributed by atoms with van der Waals surface area (Å²) in [6.07, 6.45) is 0. The van der Waals surface area contributed by atoms with Crippen molar-refractivity contribution in [2.45, 2.75) is 46.3 Å². The van der Waals surface area contributed by atoms with Crippen molar-refractivity contribution in [1.29, 1.82) is 0 Å². The molecule has 3 nitrogen and oxygen atoms in total. The molecule has 0 unspecified atom stereocenters. The molecule has 0 fully saturated rings. The van der Waals surface area contributed by atoms with Crippen LogP contribution in [0.15, 0.2) is 0 Å². The number of rotatable bonds is 3. The quantitative estimate of drug-likeness (QED) is 0.447. The van der Waals surface area contributed by atoms with Crippen LogP contribution in [0.4, 0.5) is 0 Å². The topological polar surface area (TPSA) is 37.4 Å². The van der Waals surface area contributed by atoms with Crippen molar-refractivity contribution in [3.05, 3.63) is 0 Å². The van der Waals surface area contributed by atoms with Gasteiger partial charge in [0.05, 0.1) is 9.30 Å². The van der Waals surface area contributed by atoms with Gasteiger partial charge in [0, 0.05) is 6.54 Å². The van der Waals surface area contributed by atoms with Crippen LogP contribution in [0.5, 0.6) is 0 Å². The highest BCUT2D eigenvalue weighted by atomic mass is 127. The Morgan fingerprint density at radius 2 is 1.47 bits per heavy atom. The lowest BCUT2D eigenvalue weighted by Gasteiger charge is -2.32. The van der Waals surface area contributed by atoms with Crippen LogP contribution >= 0.6 is 22.6 Å². The van der Waals surface area contributed by atoms with E-state index < -0.39 is 14.8 Å². The zero-order chi connectivity index (χ0) is 12.5. The Kier molecular flexibility index (Phi) is 5.08. The van der Waals surface area contributed by atoms with Crippen LogP contribution in [0, 0.1) is 5.41 Å². The summed E-state index contributed by atoms with van der Waals surface area (Å²) in [6, 6.07) is 0. The van der Waals surface area contributed by atoms with Crippen LogP contribution in [0.2, 0.25) is 0 Å². The van der Waals surface area contributed by atoms with Crippen LogP contribution < -0.4 is 0 Å². The van der Waals surface area contributed by atoms with Gasteiger partial charge in [-0.25, -0.2) is 8.42 Å². The molecule has 0 aliphatic carbocycles. The third kappa shape index (κ3) is 4.56. The number of sulfonamides is 1. The highest BCUT2D eigenvalue weighted by Gasteiger charge is 2.36. The van der Waals surface area contributed by atoms with Crippen molar-refractivity contribution < 1.29 is 8.42 Å². The van der Waals surface area contributed by atoms with Gasteiger partial charge < -0.3 is 0 Å². The fraction of sp³-hybridized carbons (Fsp3) is 1.00. The van der Waals surface area contributed by atoms with Crippen molar-refractivity contribution in [3.63, 3.8) is 0 Å². The van der Waals surface area contributed by atoms with Crippen LogP contribution in [0.25, 0.3) is 0 Å². The summed E-state index contributed by atoms with van der Waals surface area (Å²) >= 11 is 2.10. The Labute approximate surface area is 108 Å². The molecule has 0 atom stereocenters. The summed E-state index contributed by atoms with van der Waals surface area (Å²) in [7, 11) is -3.20. The highest BCUT2D eigenvalue weighted by Crippen LogP contribution is 2.25. The Balaban J connectivity index is 5.01. The maximum Gasteiger partial charge on any atom is 0.219 e. The van der Waals surface area contributed by atoms with Crippen LogP contribution in [0.1, 0.15) is 41.5 Å². The molecule has 0 aliphatic heterocycles. The zero-order valence-electron chi connectivity index (χ0n) is 10.5. The van der Waals surface area contributed by atoms with Crippen LogP contribution in [-0.2, 0) is 10.0 Å². The minimum atomic E-state index is -3.20. The largest absolute Gasteiger partial charge is 0.219 e. The van der Waals surface area contributed by atoms with E-state index in [-0.39, 0.29) is 5.41 Å². The molecule has 0 saturated heterocycles. The zero-order valence-corrected chi connectivity index (χ0v) is 13.4. The Bertz CT molecular complexity index is 298. The molecule has 0 bridgehead atoms. The molecule has 0 heterocycles. The van der Waals surface area contributed by atoms with Crippen molar-refractivity contribution >= 4 is 32.6 Å². The summed E-state index contributed by atoms with van der Waals surface area (Å²) in [6.45, 7) is 11.9. The van der Waals surface area contributed by atoms with E-state index in [9.17, 15) is 8.42 Å². The van der Waals surface area contributed by atoms with Gasteiger partial charge in [-0.15, -0.1) is 0 Å². The molecule has 5 heteroatoms. The van der Waals surface area contributed by atoms with E-state index in [4.69, 9.17) is 0 Å². The first-order valence-corrected chi connectivity index (χ1v) is 7.94. The molecule has 0 saturated carbocycles. The highest BCUT2D eigenvalue weighted by molar-refractivity contribution is 14.1. The van der Waals surface area contributed by atoms with Crippen LogP contribution in [0.3, 0.4) is 0 Å². The van der Waals surface area contributed by atoms with Gasteiger partial charge in [0.2, 0.25) is 10.0 Å². The smallest absolute Gasteiger partial charge is 0.212 e. The maximum absolute atomic E-state index is 12.2. The minimum Gasteiger partial charge on any atom is -0.212 e. The first kappa shape index (κ1) is 15.6. The van der Waals surface area contributed by atoms with Crippen molar-refractivity contribution in [1.82, 2.24) is 4.31 Å². The first-order chi connectivity index (χ1) is 6.42. The van der Waals surface area contributed by atoms with Gasteiger partial charge in [0.1, 0.15) is 0 Å². The SMILES string of the molecule is CC(C)(C)CN(CI)S(=O)(=O)C(C)(C)C. The molecule has 0 aromatic heterocycles. The third-order valence-electron chi connectivity index (χ3n) is 1.90. The van der Waals surface area contributed by atoms with E-state index in [2.05, 4.69) is 22.6 Å². The first-order valence-electron chi connectivity index (χ1n) is 4.97. The normalized spacial score (nSPS) is 14.7. The average Bonchev–Trinajstić information content (AvgIpc) is 1.95. The number of halogens is 1. The van der Waals surface area contributed by atoms with Gasteiger partial charge in [-0.3, -0.25) is 0 Å². The van der Waals surface area contributed by atoms with Gasteiger partial charge in [-0.1, -0.05) is 43.4 Å². The Hall–Kier alpha value is 0.640. The third-order valence-corrected chi connectivity index (χ3v) is 5.67. The second-order valence-electron chi connectivity index (χ2n) is 5.91. The Morgan fingerprint density at radius 1 is 1.07 bits per heavy atom. The molecule has 92 valence electrons. The second kappa shape index (κ2) is 4.87. The molecule has 0 spiro atoms. The van der Waals surface area contributed by atoms with Crippen molar-refractivity contribution in [2.75, 3.05) is 11.1 Å². The summed E-state index contributed by atoms with van der Waals surface area (Å²) in [4.78, 5) is 0. The summed E-state index contributed by atoms with van der Waals surface area (Å²) in [5.74, 6) is 0. The van der Waals surface area contributed by atoms with E-state index >= 15 is 0 Å². The molecule has 0 aromatic carbocycles. The van der Waals surface area contributed by atoms with Gasteiger partial charge in [0.15, 0.2) is 0 Å². The minimum absolute atomic E-state index is 0.0104. The fourth-order valence-corrected chi connectivity index (χ4v) is 3.91. The molecule has 0 aromatic rings. The molecule has 0 aliphatic rings. The maximum atomic E-state index is 12.2. The standard InChI is InChI=1S/C10H22INO2S/c1-9(2,3)7-12(8-11)15(13,14)10(4,5)6/h7-8H2,1-6H3. The molecular weight excluding hydrogens is 325 g/mol. The molecule has 0 rings (SSSR count). The molecule has 15 heavy (non-hydrogen) atoms. The summed E-state index contributed by atoms with van der Waals surface area (Å²) < 4.78 is 25.7. The van der Waals surface area contributed by atoms with E-state index in [1.165, 1.54) is 0 Å². The number of alkyl halides is 1. The van der Waals surface area contributed by atoms with Gasteiger partial charge in [-0.2, -0.15) is 4.31 Å². The lowest BCUT2D eigenvalue weighted by molar-refractivity contribution is 0.303. The predicted molar refractivity (Wildman–Crippen MR) is 73.7 cm³/mol. The molecular formula is C10H22INO2S. The summed E-state index contributed by atoms with van der Waals surface area (Å²) in [5, 5.41) is 0. The Morgan fingerprint density at radius 3 is 1.67 bits per heavy atom. The van der Waals surface area contributed by atoms with E-state index in [0.717, 1.165) is 0 Å². The van der Waals surface area contributed by atoms with Gasteiger partial charge in [0.25, 0.3) is 0 Å². The van der Waals surface area contributed by atoms with E-state index in [1.807, 2.05) is 20.8 Å². The average molecular weight is 347 g/mol. The number of nitrogens with zero attached hydrogens (tertiary/aromatic N) is 1. The molecule has 0 radical (unpaired) electrons. The fourth-order valence-electron chi connectivity index (χ4n) is 1.11. The van der Waals surface area contributed by atoms with E-state index in [0.29, 0.717) is 11.1 Å². The van der Waals surface area contributed by atoms with Gasteiger partial charge >= 0.3 is 0 Å². The predicted octanol–water partition coefficient (Wildman–Crippen LogP) is 2.86. The number of hydrogen-bond acceptors (Lipinski definition) is 2. The number of hydrogen-bond donors (Lipinski definition) is 0. The lowest BCUT2D eigenvalue weighted by atomic mass is 9.97. The van der Waals surface area contributed by atoms with Crippen molar-refractivity contribution in [2.24, 2.45) is 5.41 Å². The molecule has 0 amide bonds.